The van der Waals surface area contributed by atoms with Gasteiger partial charge in [-0.3, -0.25) is 9.78 Å². The van der Waals surface area contributed by atoms with Gasteiger partial charge in [-0.25, -0.2) is 0 Å². The molecule has 0 spiro atoms. The number of para-hydroxylation sites is 1. The molecule has 1 amide bonds. The van der Waals surface area contributed by atoms with E-state index in [-0.39, 0.29) is 18.1 Å². The van der Waals surface area contributed by atoms with Crippen molar-refractivity contribution in [2.24, 2.45) is 0 Å². The Morgan fingerprint density at radius 2 is 2.24 bits per heavy atom. The van der Waals surface area contributed by atoms with Gasteiger partial charge in [0.15, 0.2) is 0 Å². The monoisotopic (exact) mass is 284 g/mol. The molecule has 0 aliphatic carbocycles. The molecule has 1 N–H and O–H groups in total. The van der Waals surface area contributed by atoms with Crippen LogP contribution in [0.1, 0.15) is 36.5 Å². The van der Waals surface area contributed by atoms with Crippen molar-refractivity contribution >= 4 is 16.8 Å². The number of amides is 1. The highest BCUT2D eigenvalue weighted by Gasteiger charge is 2.30. The summed E-state index contributed by atoms with van der Waals surface area (Å²) in [5.41, 5.74) is 1.42. The van der Waals surface area contributed by atoms with Gasteiger partial charge in [-0.05, 0) is 38.3 Å². The van der Waals surface area contributed by atoms with E-state index < -0.39 is 0 Å². The lowest BCUT2D eigenvalue weighted by Gasteiger charge is -2.26. The van der Waals surface area contributed by atoms with E-state index in [1.807, 2.05) is 35.2 Å². The first-order valence-corrected chi connectivity index (χ1v) is 7.49. The molecule has 0 bridgehead atoms. The van der Waals surface area contributed by atoms with Gasteiger partial charge in [-0.2, -0.15) is 0 Å². The first kappa shape index (κ1) is 14.0. The van der Waals surface area contributed by atoms with Crippen molar-refractivity contribution in [3.8, 4) is 0 Å². The minimum atomic E-state index is -0.381. The summed E-state index contributed by atoms with van der Waals surface area (Å²) < 4.78 is 0. The molecule has 3 rings (SSSR count). The van der Waals surface area contributed by atoms with Gasteiger partial charge >= 0.3 is 0 Å². The molecule has 0 saturated carbocycles. The Balaban J connectivity index is 1.93. The Morgan fingerprint density at radius 1 is 1.43 bits per heavy atom. The highest BCUT2D eigenvalue weighted by Crippen LogP contribution is 2.26. The van der Waals surface area contributed by atoms with E-state index in [9.17, 15) is 9.90 Å². The molecule has 21 heavy (non-hydrogen) atoms. The second kappa shape index (κ2) is 5.82. The summed E-state index contributed by atoms with van der Waals surface area (Å²) in [6, 6.07) is 9.69. The second-order valence-electron chi connectivity index (χ2n) is 5.76. The number of carbonyl (C=O) groups is 1. The van der Waals surface area contributed by atoms with Crippen molar-refractivity contribution < 1.29 is 9.90 Å². The van der Waals surface area contributed by atoms with Gasteiger partial charge < -0.3 is 10.0 Å². The molecule has 1 saturated heterocycles. The molecule has 2 unspecified atom stereocenters. The molecule has 1 aliphatic rings. The van der Waals surface area contributed by atoms with Gasteiger partial charge in [-0.15, -0.1) is 0 Å². The molecule has 2 heterocycles. The maximum Gasteiger partial charge on any atom is 0.256 e. The minimum absolute atomic E-state index is 0.0300. The molecule has 2 aromatic rings. The SMILES string of the molecule is CC(O)CC1CCCN1C(=O)c1cccc2cccnc12. The van der Waals surface area contributed by atoms with Crippen molar-refractivity contribution in [1.82, 2.24) is 9.88 Å². The third-order valence-electron chi connectivity index (χ3n) is 4.11. The Morgan fingerprint density at radius 3 is 3.05 bits per heavy atom. The Bertz CT molecular complexity index is 649. The maximum absolute atomic E-state index is 12.9. The van der Waals surface area contributed by atoms with E-state index in [4.69, 9.17) is 0 Å². The number of aromatic nitrogens is 1. The fourth-order valence-corrected chi connectivity index (χ4v) is 3.17. The first-order valence-electron chi connectivity index (χ1n) is 7.49. The van der Waals surface area contributed by atoms with Crippen molar-refractivity contribution in [2.75, 3.05) is 6.54 Å². The average Bonchev–Trinajstić information content (AvgIpc) is 2.93. The number of likely N-dealkylation sites (tertiary alicyclic amines) is 1. The molecule has 4 nitrogen and oxygen atoms in total. The topological polar surface area (TPSA) is 53.4 Å². The number of pyridine rings is 1. The molecular weight excluding hydrogens is 264 g/mol. The van der Waals surface area contributed by atoms with Crippen molar-refractivity contribution in [3.05, 3.63) is 42.1 Å². The summed E-state index contributed by atoms with van der Waals surface area (Å²) in [6.07, 6.45) is 3.95. The molecule has 1 fully saturated rings. The quantitative estimate of drug-likeness (QED) is 0.942. The molecule has 4 heteroatoms. The average molecular weight is 284 g/mol. The van der Waals surface area contributed by atoms with Gasteiger partial charge in [0.25, 0.3) is 5.91 Å². The number of aliphatic hydroxyl groups excluding tert-OH is 1. The van der Waals surface area contributed by atoms with Crippen LogP contribution >= 0.6 is 0 Å². The highest BCUT2D eigenvalue weighted by atomic mass is 16.3. The molecule has 1 aromatic heterocycles. The van der Waals surface area contributed by atoms with Crippen LogP contribution < -0.4 is 0 Å². The number of hydrogen-bond acceptors (Lipinski definition) is 3. The van der Waals surface area contributed by atoms with Crippen molar-refractivity contribution in [1.29, 1.82) is 0 Å². The van der Waals surface area contributed by atoms with E-state index in [1.165, 1.54) is 0 Å². The molecule has 1 aliphatic heterocycles. The summed E-state index contributed by atoms with van der Waals surface area (Å²) in [6.45, 7) is 2.54. The van der Waals surface area contributed by atoms with Crippen molar-refractivity contribution in [2.45, 2.75) is 38.3 Å². The zero-order valence-electron chi connectivity index (χ0n) is 12.2. The zero-order valence-corrected chi connectivity index (χ0v) is 12.2. The van der Waals surface area contributed by atoms with E-state index in [2.05, 4.69) is 4.98 Å². The van der Waals surface area contributed by atoms with Crippen molar-refractivity contribution in [3.63, 3.8) is 0 Å². The van der Waals surface area contributed by atoms with Gasteiger partial charge in [0.2, 0.25) is 0 Å². The number of aliphatic hydroxyl groups is 1. The molecule has 0 radical (unpaired) electrons. The summed E-state index contributed by atoms with van der Waals surface area (Å²) >= 11 is 0. The number of fused-ring (bicyclic) bond motifs is 1. The summed E-state index contributed by atoms with van der Waals surface area (Å²) in [5, 5.41) is 10.6. The lowest BCUT2D eigenvalue weighted by atomic mass is 10.1. The Kier molecular flexibility index (Phi) is 3.88. The number of hydrogen-bond donors (Lipinski definition) is 1. The number of carbonyl (C=O) groups excluding carboxylic acids is 1. The van der Waals surface area contributed by atoms with Gasteiger partial charge in [-0.1, -0.05) is 18.2 Å². The van der Waals surface area contributed by atoms with Crippen LogP contribution in [0.4, 0.5) is 0 Å². The Labute approximate surface area is 124 Å². The van der Waals surface area contributed by atoms with E-state index in [0.717, 1.165) is 30.3 Å². The lowest BCUT2D eigenvalue weighted by molar-refractivity contribution is 0.0684. The van der Waals surface area contributed by atoms with Gasteiger partial charge in [0.05, 0.1) is 17.2 Å². The molecular formula is C17H20N2O2. The third kappa shape index (κ3) is 2.76. The van der Waals surface area contributed by atoms with Crippen LogP contribution in [0.15, 0.2) is 36.5 Å². The van der Waals surface area contributed by atoms with Crippen LogP contribution in [0, 0.1) is 0 Å². The smallest absolute Gasteiger partial charge is 0.256 e. The molecule has 1 aromatic carbocycles. The van der Waals surface area contributed by atoms with Crippen LogP contribution in [0.25, 0.3) is 10.9 Å². The molecule has 2 atom stereocenters. The van der Waals surface area contributed by atoms with Crippen LogP contribution in [-0.4, -0.2) is 39.6 Å². The normalized spacial score (nSPS) is 19.9. The lowest BCUT2D eigenvalue weighted by Crippen LogP contribution is -2.37. The predicted octanol–water partition coefficient (Wildman–Crippen LogP) is 2.61. The number of nitrogens with zero attached hydrogens (tertiary/aromatic N) is 2. The fourth-order valence-electron chi connectivity index (χ4n) is 3.17. The van der Waals surface area contributed by atoms with Crippen LogP contribution in [0.5, 0.6) is 0 Å². The first-order chi connectivity index (χ1) is 10.2. The second-order valence-corrected chi connectivity index (χ2v) is 5.76. The van der Waals surface area contributed by atoms with Gasteiger partial charge in [0, 0.05) is 24.2 Å². The minimum Gasteiger partial charge on any atom is -0.393 e. The van der Waals surface area contributed by atoms with E-state index in [0.29, 0.717) is 12.0 Å². The summed E-state index contributed by atoms with van der Waals surface area (Å²) in [5.74, 6) is 0.0300. The highest BCUT2D eigenvalue weighted by molar-refractivity contribution is 6.05. The third-order valence-corrected chi connectivity index (χ3v) is 4.11. The summed E-state index contributed by atoms with van der Waals surface area (Å²) in [7, 11) is 0. The fraction of sp³-hybridized carbons (Fsp3) is 0.412. The van der Waals surface area contributed by atoms with Gasteiger partial charge in [0.1, 0.15) is 0 Å². The van der Waals surface area contributed by atoms with Crippen LogP contribution in [0.3, 0.4) is 0 Å². The summed E-state index contributed by atoms with van der Waals surface area (Å²) in [4.78, 5) is 19.1. The standard InChI is InChI=1S/C17H20N2O2/c1-12(20)11-14-7-4-10-19(14)17(21)15-8-2-5-13-6-3-9-18-16(13)15/h2-3,5-6,8-9,12,14,20H,4,7,10-11H2,1H3. The zero-order chi connectivity index (χ0) is 14.8. The Hall–Kier alpha value is -1.94. The predicted molar refractivity (Wildman–Crippen MR) is 82.1 cm³/mol. The van der Waals surface area contributed by atoms with E-state index in [1.54, 1.807) is 13.1 Å². The largest absolute Gasteiger partial charge is 0.393 e. The van der Waals surface area contributed by atoms with Crippen LogP contribution in [-0.2, 0) is 0 Å². The molecule has 110 valence electrons. The number of benzene rings is 1. The van der Waals surface area contributed by atoms with Crippen LogP contribution in [0.2, 0.25) is 0 Å². The van der Waals surface area contributed by atoms with E-state index >= 15 is 0 Å². The maximum atomic E-state index is 12.9. The number of rotatable bonds is 3.